The number of aliphatic carboxylic acids is 1. The monoisotopic (exact) mass is 392 g/mol. The summed E-state index contributed by atoms with van der Waals surface area (Å²) in [5.41, 5.74) is 0.275. The molecule has 1 aliphatic rings. The molecule has 0 radical (unpaired) electrons. The number of hydrogen-bond acceptors (Lipinski definition) is 4. The van der Waals surface area contributed by atoms with Gasteiger partial charge in [0.1, 0.15) is 5.54 Å². The Morgan fingerprint density at radius 3 is 2.67 bits per heavy atom. The van der Waals surface area contributed by atoms with E-state index < -0.39 is 17.4 Å². The Morgan fingerprint density at radius 2 is 2.04 bits per heavy atom. The minimum Gasteiger partial charge on any atom is -0.480 e. The highest BCUT2D eigenvalue weighted by Gasteiger charge is 2.43. The van der Waals surface area contributed by atoms with Gasteiger partial charge in [0.25, 0.3) is 5.91 Å². The summed E-state index contributed by atoms with van der Waals surface area (Å²) >= 11 is 3.39. The molecule has 1 saturated carbocycles. The molecule has 24 heavy (non-hydrogen) atoms. The van der Waals surface area contributed by atoms with Crippen molar-refractivity contribution in [1.29, 1.82) is 0 Å². The minimum atomic E-state index is -1.19. The summed E-state index contributed by atoms with van der Waals surface area (Å²) in [5, 5.41) is 20.1. The fourth-order valence-electron chi connectivity index (χ4n) is 3.04. The van der Waals surface area contributed by atoms with Crippen LogP contribution in [0.4, 0.5) is 0 Å². The Labute approximate surface area is 147 Å². The van der Waals surface area contributed by atoms with Crippen LogP contribution in [0, 0.1) is 6.92 Å². The van der Waals surface area contributed by atoms with Crippen LogP contribution in [0.3, 0.4) is 0 Å². The number of hydrogen-bond donors (Lipinski definition) is 2. The molecule has 2 aromatic rings. The topological polar surface area (TPSA) is 97.1 Å². The number of amides is 1. The lowest BCUT2D eigenvalue weighted by atomic mass is 9.97. The van der Waals surface area contributed by atoms with Gasteiger partial charge in [-0.05, 0) is 38.0 Å². The summed E-state index contributed by atoms with van der Waals surface area (Å²) in [6, 6.07) is 7.46. The quantitative estimate of drug-likeness (QED) is 0.832. The second-order valence-electron chi connectivity index (χ2n) is 5.96. The van der Waals surface area contributed by atoms with E-state index >= 15 is 0 Å². The first-order valence-electron chi connectivity index (χ1n) is 7.67. The van der Waals surface area contributed by atoms with E-state index in [1.54, 1.807) is 11.6 Å². The molecule has 0 aliphatic heterocycles. The number of carbonyl (C=O) groups excluding carboxylic acids is 1. The van der Waals surface area contributed by atoms with E-state index in [2.05, 4.69) is 31.6 Å². The lowest BCUT2D eigenvalue weighted by Gasteiger charge is -2.24. The van der Waals surface area contributed by atoms with Gasteiger partial charge in [-0.2, -0.15) is 0 Å². The molecule has 8 heteroatoms. The summed E-state index contributed by atoms with van der Waals surface area (Å²) < 4.78 is 2.44. The number of carboxylic acid groups (broad SMARTS) is 1. The molecule has 2 N–H and O–H groups in total. The van der Waals surface area contributed by atoms with Gasteiger partial charge in [-0.3, -0.25) is 4.79 Å². The van der Waals surface area contributed by atoms with Crippen molar-refractivity contribution < 1.29 is 14.7 Å². The van der Waals surface area contributed by atoms with E-state index in [1.807, 2.05) is 24.3 Å². The van der Waals surface area contributed by atoms with E-state index in [1.165, 1.54) is 0 Å². The van der Waals surface area contributed by atoms with Crippen LogP contribution in [0.5, 0.6) is 0 Å². The van der Waals surface area contributed by atoms with Crippen LogP contribution < -0.4 is 5.32 Å². The van der Waals surface area contributed by atoms with Gasteiger partial charge in [-0.25, -0.2) is 9.48 Å². The number of rotatable bonds is 4. The van der Waals surface area contributed by atoms with Crippen LogP contribution in [-0.4, -0.2) is 37.5 Å². The molecule has 1 aromatic heterocycles. The zero-order valence-electron chi connectivity index (χ0n) is 13.1. The fourth-order valence-corrected chi connectivity index (χ4v) is 3.43. The molecule has 0 bridgehead atoms. The molecule has 7 nitrogen and oxygen atoms in total. The Bertz CT molecular complexity index is 796. The molecular formula is C16H17BrN4O3. The third-order valence-electron chi connectivity index (χ3n) is 4.38. The average Bonchev–Trinajstić information content (AvgIpc) is 3.15. The molecule has 1 fully saturated rings. The van der Waals surface area contributed by atoms with Gasteiger partial charge in [0.05, 0.1) is 11.4 Å². The number of benzene rings is 1. The smallest absolute Gasteiger partial charge is 0.329 e. The van der Waals surface area contributed by atoms with Crippen molar-refractivity contribution in [3.63, 3.8) is 0 Å². The standard InChI is InChI=1S/C16H17BrN4O3/c1-10-13(14(22)18-16(15(23)24)7-2-3-8-16)19-20-21(10)12-6-4-5-11(17)9-12/h4-6,9H,2-3,7-8H2,1H3,(H,18,22)(H,23,24). The number of carboxylic acids is 1. The summed E-state index contributed by atoms with van der Waals surface area (Å²) in [6.45, 7) is 1.73. The van der Waals surface area contributed by atoms with E-state index in [4.69, 9.17) is 0 Å². The van der Waals surface area contributed by atoms with Gasteiger partial charge in [0.15, 0.2) is 5.69 Å². The first-order valence-corrected chi connectivity index (χ1v) is 8.46. The molecule has 0 spiro atoms. The van der Waals surface area contributed by atoms with Gasteiger partial charge in [0.2, 0.25) is 0 Å². The molecule has 0 atom stereocenters. The maximum Gasteiger partial charge on any atom is 0.329 e. The Balaban J connectivity index is 1.88. The fraction of sp³-hybridized carbons (Fsp3) is 0.375. The molecule has 1 aromatic carbocycles. The van der Waals surface area contributed by atoms with Crippen LogP contribution in [0.25, 0.3) is 5.69 Å². The van der Waals surface area contributed by atoms with Gasteiger partial charge in [-0.15, -0.1) is 5.10 Å². The number of halogens is 1. The van der Waals surface area contributed by atoms with Crippen molar-refractivity contribution in [2.75, 3.05) is 0 Å². The number of nitrogens with one attached hydrogen (secondary N) is 1. The van der Waals surface area contributed by atoms with E-state index in [0.717, 1.165) is 23.0 Å². The van der Waals surface area contributed by atoms with Crippen LogP contribution in [0.2, 0.25) is 0 Å². The molecule has 1 amide bonds. The zero-order chi connectivity index (χ0) is 17.3. The second-order valence-corrected chi connectivity index (χ2v) is 6.88. The molecule has 1 heterocycles. The van der Waals surface area contributed by atoms with Gasteiger partial charge in [0, 0.05) is 4.47 Å². The normalized spacial score (nSPS) is 16.1. The zero-order valence-corrected chi connectivity index (χ0v) is 14.7. The summed E-state index contributed by atoms with van der Waals surface area (Å²) in [4.78, 5) is 24.1. The van der Waals surface area contributed by atoms with Crippen LogP contribution in [0.15, 0.2) is 28.7 Å². The average molecular weight is 393 g/mol. The molecule has 126 valence electrons. The van der Waals surface area contributed by atoms with Crippen molar-refractivity contribution in [2.24, 2.45) is 0 Å². The Kier molecular flexibility index (Phi) is 4.40. The number of nitrogens with zero attached hydrogens (tertiary/aromatic N) is 3. The van der Waals surface area contributed by atoms with Crippen molar-refractivity contribution in [3.8, 4) is 5.69 Å². The molecule has 0 saturated heterocycles. The third-order valence-corrected chi connectivity index (χ3v) is 4.87. The van der Waals surface area contributed by atoms with Crippen molar-refractivity contribution in [2.45, 2.75) is 38.1 Å². The van der Waals surface area contributed by atoms with Crippen molar-refractivity contribution >= 4 is 27.8 Å². The number of aromatic nitrogens is 3. The highest BCUT2D eigenvalue weighted by molar-refractivity contribution is 9.10. The van der Waals surface area contributed by atoms with Crippen LogP contribution in [-0.2, 0) is 4.79 Å². The van der Waals surface area contributed by atoms with Gasteiger partial charge >= 0.3 is 5.97 Å². The predicted molar refractivity (Wildman–Crippen MR) is 90.1 cm³/mol. The molecule has 3 rings (SSSR count). The maximum absolute atomic E-state index is 12.5. The van der Waals surface area contributed by atoms with Crippen LogP contribution in [0.1, 0.15) is 41.9 Å². The van der Waals surface area contributed by atoms with Gasteiger partial charge in [-0.1, -0.05) is 40.1 Å². The van der Waals surface area contributed by atoms with Crippen LogP contribution >= 0.6 is 15.9 Å². The van der Waals surface area contributed by atoms with E-state index in [-0.39, 0.29) is 5.69 Å². The third kappa shape index (κ3) is 2.93. The predicted octanol–water partition coefficient (Wildman–Crippen LogP) is 2.47. The first-order chi connectivity index (χ1) is 11.4. The maximum atomic E-state index is 12.5. The molecule has 0 unspecified atom stereocenters. The highest BCUT2D eigenvalue weighted by Crippen LogP contribution is 2.30. The highest BCUT2D eigenvalue weighted by atomic mass is 79.9. The largest absolute Gasteiger partial charge is 0.480 e. The van der Waals surface area contributed by atoms with Crippen molar-refractivity contribution in [1.82, 2.24) is 20.3 Å². The summed E-state index contributed by atoms with van der Waals surface area (Å²) in [6.07, 6.45) is 2.45. The number of carbonyl (C=O) groups is 2. The molecular weight excluding hydrogens is 376 g/mol. The Morgan fingerprint density at radius 1 is 1.33 bits per heavy atom. The minimum absolute atomic E-state index is 0.141. The SMILES string of the molecule is Cc1c(C(=O)NC2(C(=O)O)CCCC2)nnn1-c1cccc(Br)c1. The van der Waals surface area contributed by atoms with E-state index in [9.17, 15) is 14.7 Å². The summed E-state index contributed by atoms with van der Waals surface area (Å²) in [7, 11) is 0. The second kappa shape index (κ2) is 6.35. The molecule has 1 aliphatic carbocycles. The lowest BCUT2D eigenvalue weighted by molar-refractivity contribution is -0.144. The lowest BCUT2D eigenvalue weighted by Crippen LogP contribution is -2.52. The van der Waals surface area contributed by atoms with E-state index in [0.29, 0.717) is 18.5 Å². The summed E-state index contributed by atoms with van der Waals surface area (Å²) in [5.74, 6) is -1.50. The van der Waals surface area contributed by atoms with Crippen molar-refractivity contribution in [3.05, 3.63) is 40.1 Å². The Hall–Kier alpha value is -2.22. The van der Waals surface area contributed by atoms with Gasteiger partial charge < -0.3 is 10.4 Å². The first kappa shape index (κ1) is 16.6.